The lowest BCUT2D eigenvalue weighted by molar-refractivity contribution is -0.162. The lowest BCUT2D eigenvalue weighted by Gasteiger charge is -2.20. The maximum Gasteiger partial charge on any atom is 0.411 e. The molecule has 0 saturated heterocycles. The molecule has 9 heteroatoms. The van der Waals surface area contributed by atoms with Crippen molar-refractivity contribution in [2.24, 2.45) is 0 Å². The highest BCUT2D eigenvalue weighted by Gasteiger charge is 2.64. The molecule has 110 valence electrons. The molecule has 0 aliphatic heterocycles. The average Bonchev–Trinajstić information content (AvgIpc) is 2.96. The van der Waals surface area contributed by atoms with Gasteiger partial charge in [0.15, 0.2) is 0 Å². The number of aromatic carboxylic acids is 1. The van der Waals surface area contributed by atoms with Crippen molar-refractivity contribution in [2.45, 2.75) is 31.5 Å². The van der Waals surface area contributed by atoms with Gasteiger partial charge in [-0.05, 0) is 25.8 Å². The molecular formula is C11H12F3N3O3. The number of carboxylic acids is 1. The van der Waals surface area contributed by atoms with Gasteiger partial charge < -0.3 is 20.7 Å². The molecule has 1 aromatic heterocycles. The maximum absolute atomic E-state index is 12.7. The van der Waals surface area contributed by atoms with Crippen LogP contribution in [0.4, 0.5) is 23.7 Å². The predicted molar refractivity (Wildman–Crippen MR) is 62.7 cm³/mol. The molecule has 2 amide bonds. The molecule has 0 radical (unpaired) electrons. The molecule has 4 N–H and O–H groups in total. The Bertz CT molecular complexity index is 561. The minimum Gasteiger partial charge on any atom is -0.477 e. The normalized spacial score (nSPS) is 16.6. The van der Waals surface area contributed by atoms with Crippen LogP contribution in [0.15, 0.2) is 6.07 Å². The zero-order valence-corrected chi connectivity index (χ0v) is 10.4. The van der Waals surface area contributed by atoms with E-state index in [1.807, 2.05) is 5.32 Å². The van der Waals surface area contributed by atoms with E-state index in [2.05, 4.69) is 10.3 Å². The topological polar surface area (TPSA) is 94.2 Å². The number of hydrogen-bond donors (Lipinski definition) is 4. The summed E-state index contributed by atoms with van der Waals surface area (Å²) < 4.78 is 38.0. The summed E-state index contributed by atoms with van der Waals surface area (Å²) in [7, 11) is 0. The number of carbonyl (C=O) groups is 2. The lowest BCUT2D eigenvalue weighted by Crippen LogP contribution is -2.49. The lowest BCUT2D eigenvalue weighted by atomic mass is 10.2. The smallest absolute Gasteiger partial charge is 0.411 e. The van der Waals surface area contributed by atoms with E-state index in [0.717, 1.165) is 0 Å². The minimum absolute atomic E-state index is 0.0783. The third-order valence-corrected chi connectivity index (χ3v) is 3.06. The van der Waals surface area contributed by atoms with Gasteiger partial charge in [0.1, 0.15) is 11.2 Å². The largest absolute Gasteiger partial charge is 0.477 e. The van der Waals surface area contributed by atoms with Crippen LogP contribution >= 0.6 is 0 Å². The van der Waals surface area contributed by atoms with E-state index in [9.17, 15) is 22.8 Å². The van der Waals surface area contributed by atoms with E-state index in [4.69, 9.17) is 5.11 Å². The highest BCUT2D eigenvalue weighted by atomic mass is 19.4. The molecule has 1 fully saturated rings. The van der Waals surface area contributed by atoms with Gasteiger partial charge in [-0.1, -0.05) is 0 Å². The number of urea groups is 1. The first-order valence-electron chi connectivity index (χ1n) is 5.73. The summed E-state index contributed by atoms with van der Waals surface area (Å²) in [6, 6.07) is 0.247. The molecule has 0 atom stereocenters. The summed E-state index contributed by atoms with van der Waals surface area (Å²) in [5, 5.41) is 12.9. The van der Waals surface area contributed by atoms with Crippen LogP contribution in [-0.4, -0.2) is 33.8 Å². The molecule has 0 unspecified atom stereocenters. The molecule has 20 heavy (non-hydrogen) atoms. The van der Waals surface area contributed by atoms with E-state index in [-0.39, 0.29) is 24.2 Å². The first-order chi connectivity index (χ1) is 9.14. The van der Waals surface area contributed by atoms with Gasteiger partial charge in [0.2, 0.25) is 0 Å². The van der Waals surface area contributed by atoms with Crippen molar-refractivity contribution in [3.63, 3.8) is 0 Å². The molecule has 1 aliphatic rings. The van der Waals surface area contributed by atoms with Crippen molar-refractivity contribution in [3.8, 4) is 0 Å². The Balaban J connectivity index is 2.08. The monoisotopic (exact) mass is 291 g/mol. The van der Waals surface area contributed by atoms with Crippen LogP contribution in [0.1, 0.15) is 29.0 Å². The summed E-state index contributed by atoms with van der Waals surface area (Å²) in [5.41, 5.74) is -2.08. The second-order valence-electron chi connectivity index (χ2n) is 4.71. The van der Waals surface area contributed by atoms with Gasteiger partial charge in [0.05, 0.1) is 5.69 Å². The Hall–Kier alpha value is -2.19. The molecular weight excluding hydrogens is 279 g/mol. The maximum atomic E-state index is 12.7. The summed E-state index contributed by atoms with van der Waals surface area (Å²) in [4.78, 5) is 25.0. The number of amides is 2. The number of carboxylic acid groups (broad SMARTS) is 1. The van der Waals surface area contributed by atoms with Crippen molar-refractivity contribution >= 4 is 17.7 Å². The molecule has 0 spiro atoms. The summed E-state index contributed by atoms with van der Waals surface area (Å²) >= 11 is 0. The minimum atomic E-state index is -4.52. The fourth-order valence-electron chi connectivity index (χ4n) is 1.83. The second-order valence-corrected chi connectivity index (χ2v) is 4.71. The van der Waals surface area contributed by atoms with Crippen LogP contribution in [0.2, 0.25) is 0 Å². The molecule has 1 aliphatic carbocycles. The van der Waals surface area contributed by atoms with Crippen molar-refractivity contribution in [2.75, 3.05) is 5.32 Å². The van der Waals surface area contributed by atoms with E-state index < -0.39 is 23.7 Å². The third kappa shape index (κ3) is 2.56. The zero-order valence-electron chi connectivity index (χ0n) is 10.4. The number of nitrogens with one attached hydrogen (secondary N) is 3. The van der Waals surface area contributed by atoms with E-state index in [1.165, 1.54) is 6.07 Å². The van der Waals surface area contributed by atoms with Gasteiger partial charge in [-0.25, -0.2) is 9.59 Å². The first-order valence-corrected chi connectivity index (χ1v) is 5.73. The van der Waals surface area contributed by atoms with Crippen LogP contribution in [0.5, 0.6) is 0 Å². The molecule has 0 bridgehead atoms. The van der Waals surface area contributed by atoms with Crippen LogP contribution < -0.4 is 10.6 Å². The number of halogens is 3. The van der Waals surface area contributed by atoms with Crippen molar-refractivity contribution in [1.82, 2.24) is 10.3 Å². The molecule has 1 saturated carbocycles. The Morgan fingerprint density at radius 3 is 2.45 bits per heavy atom. The molecule has 0 aromatic carbocycles. The quantitative estimate of drug-likeness (QED) is 0.688. The van der Waals surface area contributed by atoms with E-state index in [0.29, 0.717) is 5.69 Å². The SMILES string of the molecule is Cc1cc(NC(=O)NC2(C(F)(F)F)CC2)c(C(=O)O)[nH]1. The van der Waals surface area contributed by atoms with E-state index >= 15 is 0 Å². The van der Waals surface area contributed by atoms with Gasteiger partial charge in [0.25, 0.3) is 0 Å². The summed E-state index contributed by atoms with van der Waals surface area (Å²) in [5.74, 6) is -1.31. The number of hydrogen-bond acceptors (Lipinski definition) is 2. The number of carbonyl (C=O) groups excluding carboxylic acids is 1. The van der Waals surface area contributed by atoms with Gasteiger partial charge in [-0.15, -0.1) is 0 Å². The van der Waals surface area contributed by atoms with Gasteiger partial charge in [-0.2, -0.15) is 13.2 Å². The van der Waals surface area contributed by atoms with Crippen LogP contribution in [0.25, 0.3) is 0 Å². The Morgan fingerprint density at radius 1 is 1.40 bits per heavy atom. The Labute approximate surface area is 111 Å². The number of rotatable bonds is 3. The highest BCUT2D eigenvalue weighted by Crippen LogP contribution is 2.48. The van der Waals surface area contributed by atoms with Crippen molar-refractivity contribution in [1.29, 1.82) is 0 Å². The van der Waals surface area contributed by atoms with Gasteiger partial charge in [-0.3, -0.25) is 0 Å². The third-order valence-electron chi connectivity index (χ3n) is 3.06. The zero-order chi connectivity index (χ0) is 15.1. The van der Waals surface area contributed by atoms with Crippen LogP contribution in [-0.2, 0) is 0 Å². The fourth-order valence-corrected chi connectivity index (χ4v) is 1.83. The standard InChI is InChI=1S/C11H12F3N3O3/c1-5-4-6(7(15-5)8(18)19)16-9(20)17-10(2-3-10)11(12,13)14/h4,15H,2-3H2,1H3,(H,18,19)(H2,16,17,20). The molecule has 6 nitrogen and oxygen atoms in total. The van der Waals surface area contributed by atoms with E-state index in [1.54, 1.807) is 6.92 Å². The molecule has 1 heterocycles. The van der Waals surface area contributed by atoms with Crippen molar-refractivity contribution in [3.05, 3.63) is 17.5 Å². The first kappa shape index (κ1) is 14.2. The van der Waals surface area contributed by atoms with Crippen molar-refractivity contribution < 1.29 is 27.9 Å². The Morgan fingerprint density at radius 2 is 2.00 bits per heavy atom. The number of aromatic nitrogens is 1. The number of aryl methyl sites for hydroxylation is 1. The van der Waals surface area contributed by atoms with Crippen LogP contribution in [0, 0.1) is 6.92 Å². The average molecular weight is 291 g/mol. The van der Waals surface area contributed by atoms with Gasteiger partial charge in [0, 0.05) is 5.69 Å². The predicted octanol–water partition coefficient (Wildman–Crippen LogP) is 2.24. The molecule has 1 aromatic rings. The second kappa shape index (κ2) is 4.43. The number of H-pyrrole nitrogens is 1. The highest BCUT2D eigenvalue weighted by molar-refractivity contribution is 5.99. The number of aromatic amines is 1. The Kier molecular flexibility index (Phi) is 3.15. The summed E-state index contributed by atoms with van der Waals surface area (Å²) in [6.07, 6.45) is -4.88. The van der Waals surface area contributed by atoms with Crippen LogP contribution in [0.3, 0.4) is 0 Å². The number of anilines is 1. The molecule has 2 rings (SSSR count). The summed E-state index contributed by atoms with van der Waals surface area (Å²) in [6.45, 7) is 1.56. The van der Waals surface area contributed by atoms with Gasteiger partial charge >= 0.3 is 18.2 Å². The fraction of sp³-hybridized carbons (Fsp3) is 0.455. The number of alkyl halides is 3.